The van der Waals surface area contributed by atoms with Gasteiger partial charge >= 0.3 is 5.97 Å². The van der Waals surface area contributed by atoms with Gasteiger partial charge in [0.25, 0.3) is 10.0 Å². The van der Waals surface area contributed by atoms with E-state index in [0.29, 0.717) is 11.5 Å². The van der Waals surface area contributed by atoms with E-state index in [1.54, 1.807) is 18.5 Å². The second kappa shape index (κ2) is 8.85. The molecule has 10 heteroatoms. The van der Waals surface area contributed by atoms with E-state index in [2.05, 4.69) is 14.7 Å². The van der Waals surface area contributed by atoms with E-state index in [1.807, 2.05) is 36.6 Å². The molecule has 3 aromatic rings. The van der Waals surface area contributed by atoms with Crippen LogP contribution >= 0.6 is 11.3 Å². The predicted molar refractivity (Wildman–Crippen MR) is 110 cm³/mol. The third kappa shape index (κ3) is 5.49. The molecule has 0 unspecified atom stereocenters. The molecule has 0 bridgehead atoms. The van der Waals surface area contributed by atoms with Crippen molar-refractivity contribution in [2.45, 2.75) is 31.9 Å². The fourth-order valence-electron chi connectivity index (χ4n) is 2.45. The summed E-state index contributed by atoms with van der Waals surface area (Å²) in [5, 5.41) is 2.63. The number of sulfonamides is 1. The van der Waals surface area contributed by atoms with Crippen LogP contribution in [0.1, 0.15) is 23.5 Å². The van der Waals surface area contributed by atoms with Crippen LogP contribution < -0.4 is 4.72 Å². The molecule has 0 saturated heterocycles. The highest BCUT2D eigenvalue weighted by Gasteiger charge is 2.18. The number of nitrogens with one attached hydrogen (secondary N) is 1. The van der Waals surface area contributed by atoms with Crippen molar-refractivity contribution < 1.29 is 17.9 Å². The first kappa shape index (κ1) is 21.2. The van der Waals surface area contributed by atoms with Gasteiger partial charge in [0.05, 0.1) is 12.1 Å². The van der Waals surface area contributed by atoms with E-state index < -0.39 is 16.0 Å². The Bertz CT molecular complexity index is 1080. The lowest BCUT2D eigenvalue weighted by atomic mass is 10.2. The average Bonchev–Trinajstić information content (AvgIpc) is 3.28. The van der Waals surface area contributed by atoms with Crippen LogP contribution in [0.3, 0.4) is 0 Å². The topological polar surface area (TPSA) is 103 Å². The molecule has 0 fully saturated rings. The smallest absolute Gasteiger partial charge is 0.307 e. The largest absolute Gasteiger partial charge is 0.459 e. The van der Waals surface area contributed by atoms with Crippen molar-refractivity contribution >= 4 is 27.3 Å². The van der Waals surface area contributed by atoms with Crippen LogP contribution in [-0.4, -0.2) is 35.5 Å². The first-order valence-corrected chi connectivity index (χ1v) is 11.3. The summed E-state index contributed by atoms with van der Waals surface area (Å²) in [6.45, 7) is 3.71. The van der Waals surface area contributed by atoms with Gasteiger partial charge in [-0.2, -0.15) is 0 Å². The highest BCUT2D eigenvalue weighted by atomic mass is 32.2. The zero-order chi connectivity index (χ0) is 21.0. The number of thiazole rings is 1. The Hall–Kier alpha value is -2.56. The minimum Gasteiger partial charge on any atom is -0.459 e. The maximum atomic E-state index is 12.2. The normalized spacial score (nSPS) is 11.6. The maximum Gasteiger partial charge on any atom is 0.307 e. The molecule has 0 amide bonds. The predicted octanol–water partition coefficient (Wildman–Crippen LogP) is 2.57. The average molecular weight is 435 g/mol. The zero-order valence-corrected chi connectivity index (χ0v) is 18.0. The van der Waals surface area contributed by atoms with E-state index >= 15 is 0 Å². The number of esters is 1. The molecule has 0 spiro atoms. The number of carbonyl (C=O) groups is 1. The SMILES string of the molecule is Cc1ccc(-c2nc(COC(=O)CCNS(=O)(=O)c3cn(C)c(C)n3)cs2)cc1. The Kier molecular flexibility index (Phi) is 6.46. The molecule has 154 valence electrons. The molecule has 3 rings (SSSR count). The Morgan fingerprint density at radius 1 is 1.21 bits per heavy atom. The molecular formula is C19H22N4O4S2. The third-order valence-corrected chi connectivity index (χ3v) is 6.49. The first-order valence-electron chi connectivity index (χ1n) is 8.91. The second-order valence-corrected chi connectivity index (χ2v) is 9.13. The molecule has 1 aromatic carbocycles. The van der Waals surface area contributed by atoms with E-state index in [4.69, 9.17) is 4.74 Å². The van der Waals surface area contributed by atoms with Gasteiger partial charge in [0.15, 0.2) is 5.03 Å². The number of rotatable bonds is 8. The Balaban J connectivity index is 1.46. The van der Waals surface area contributed by atoms with E-state index in [0.717, 1.165) is 10.6 Å². The molecule has 2 heterocycles. The highest BCUT2D eigenvalue weighted by molar-refractivity contribution is 7.89. The van der Waals surface area contributed by atoms with Gasteiger partial charge in [0, 0.05) is 30.7 Å². The number of ether oxygens (including phenoxy) is 1. The quantitative estimate of drug-likeness (QED) is 0.547. The van der Waals surface area contributed by atoms with Crippen molar-refractivity contribution in [1.82, 2.24) is 19.3 Å². The second-order valence-electron chi connectivity index (χ2n) is 6.56. The van der Waals surface area contributed by atoms with Crippen molar-refractivity contribution in [1.29, 1.82) is 0 Å². The summed E-state index contributed by atoms with van der Waals surface area (Å²) < 4.78 is 33.5. The van der Waals surface area contributed by atoms with Crippen LogP contribution in [0.5, 0.6) is 0 Å². The van der Waals surface area contributed by atoms with E-state index in [-0.39, 0.29) is 24.6 Å². The summed E-state index contributed by atoms with van der Waals surface area (Å²) in [6, 6.07) is 8.03. The van der Waals surface area contributed by atoms with Gasteiger partial charge in [-0.1, -0.05) is 29.8 Å². The van der Waals surface area contributed by atoms with Gasteiger partial charge in [-0.25, -0.2) is 23.1 Å². The molecule has 0 aliphatic rings. The molecule has 0 radical (unpaired) electrons. The van der Waals surface area contributed by atoms with E-state index in [1.165, 1.54) is 23.1 Å². The Labute approximate surface area is 173 Å². The Morgan fingerprint density at radius 3 is 2.59 bits per heavy atom. The molecule has 29 heavy (non-hydrogen) atoms. The fourth-order valence-corrected chi connectivity index (χ4v) is 4.32. The summed E-state index contributed by atoms with van der Waals surface area (Å²) in [6.07, 6.45) is 1.34. The van der Waals surface area contributed by atoms with Gasteiger partial charge in [-0.3, -0.25) is 4.79 Å². The monoisotopic (exact) mass is 434 g/mol. The Morgan fingerprint density at radius 2 is 1.93 bits per heavy atom. The van der Waals surface area contributed by atoms with Crippen molar-refractivity contribution in [3.8, 4) is 10.6 Å². The lowest BCUT2D eigenvalue weighted by molar-refractivity contribution is -0.144. The van der Waals surface area contributed by atoms with Gasteiger partial charge in [-0.15, -0.1) is 11.3 Å². The van der Waals surface area contributed by atoms with Crippen molar-refractivity contribution in [3.63, 3.8) is 0 Å². The number of imidazole rings is 1. The number of hydrogen-bond acceptors (Lipinski definition) is 7. The summed E-state index contributed by atoms with van der Waals surface area (Å²) in [4.78, 5) is 20.4. The fraction of sp³-hybridized carbons (Fsp3) is 0.316. The molecular weight excluding hydrogens is 412 g/mol. The molecule has 1 N–H and O–H groups in total. The zero-order valence-electron chi connectivity index (χ0n) is 16.4. The summed E-state index contributed by atoms with van der Waals surface area (Å²) >= 11 is 1.48. The molecule has 2 aromatic heterocycles. The number of aromatic nitrogens is 3. The molecule has 0 aliphatic carbocycles. The van der Waals surface area contributed by atoms with Crippen molar-refractivity contribution in [3.05, 3.63) is 52.9 Å². The van der Waals surface area contributed by atoms with Crippen LogP contribution in [-0.2, 0) is 33.2 Å². The minimum atomic E-state index is -3.76. The lowest BCUT2D eigenvalue weighted by Crippen LogP contribution is -2.27. The van der Waals surface area contributed by atoms with Crippen LogP contribution in [0.25, 0.3) is 10.6 Å². The number of aryl methyl sites for hydroxylation is 3. The van der Waals surface area contributed by atoms with Gasteiger partial charge in [0.2, 0.25) is 0 Å². The van der Waals surface area contributed by atoms with Crippen LogP contribution in [0, 0.1) is 13.8 Å². The third-order valence-electron chi connectivity index (χ3n) is 4.21. The summed E-state index contributed by atoms with van der Waals surface area (Å²) in [5.41, 5.74) is 2.84. The number of benzene rings is 1. The molecule has 8 nitrogen and oxygen atoms in total. The van der Waals surface area contributed by atoms with Crippen LogP contribution in [0.15, 0.2) is 40.9 Å². The minimum absolute atomic E-state index is 0.0490. The molecule has 0 saturated carbocycles. The summed E-state index contributed by atoms with van der Waals surface area (Å²) in [7, 11) is -2.05. The number of hydrogen-bond donors (Lipinski definition) is 1. The van der Waals surface area contributed by atoms with Crippen LogP contribution in [0.4, 0.5) is 0 Å². The first-order chi connectivity index (χ1) is 13.7. The van der Waals surface area contributed by atoms with E-state index in [9.17, 15) is 13.2 Å². The molecule has 0 aliphatic heterocycles. The maximum absolute atomic E-state index is 12.2. The molecule has 0 atom stereocenters. The van der Waals surface area contributed by atoms with Gasteiger partial charge < -0.3 is 9.30 Å². The highest BCUT2D eigenvalue weighted by Crippen LogP contribution is 2.24. The van der Waals surface area contributed by atoms with Crippen LogP contribution in [0.2, 0.25) is 0 Å². The van der Waals surface area contributed by atoms with Gasteiger partial charge in [0.1, 0.15) is 17.4 Å². The van der Waals surface area contributed by atoms with Crippen molar-refractivity contribution in [2.75, 3.05) is 6.54 Å². The summed E-state index contributed by atoms with van der Waals surface area (Å²) in [5.74, 6) is 0.0767. The number of carbonyl (C=O) groups excluding carboxylic acids is 1. The standard InChI is InChI=1S/C19H22N4O4S2/c1-13-4-6-15(7-5-13)19-22-16(12-28-19)11-27-18(24)8-9-20-29(25,26)17-10-23(3)14(2)21-17/h4-7,10,12,20H,8-9,11H2,1-3H3. The number of nitrogens with zero attached hydrogens (tertiary/aromatic N) is 3. The van der Waals surface area contributed by atoms with Gasteiger partial charge in [-0.05, 0) is 13.8 Å². The lowest BCUT2D eigenvalue weighted by Gasteiger charge is -2.05. The van der Waals surface area contributed by atoms with Crippen molar-refractivity contribution in [2.24, 2.45) is 7.05 Å².